The number of carbonyl (C=O) groups excluding carboxylic acids is 8. The smallest absolute Gasteiger partial charge is 0.159 e. The summed E-state index contributed by atoms with van der Waals surface area (Å²) in [6, 6.07) is 0. The number of Topliss-reactive ketones (excluding diaryl/α,β-unsaturated/α-hetero) is 8. The van der Waals surface area contributed by atoms with Gasteiger partial charge in [-0.2, -0.15) is 0 Å². The zero-order valence-electron chi connectivity index (χ0n) is 80.3. The molecule has 0 amide bonds. The average molecular weight is 1580 g/mol. The number of hydrogen-bond donors (Lipinski definition) is 0. The third-order valence-electron chi connectivity index (χ3n) is 31.0. The molecule has 2 bridgehead atoms. The summed E-state index contributed by atoms with van der Waals surface area (Å²) in [5, 5.41) is 0. The van der Waals surface area contributed by atoms with Gasteiger partial charge in [-0.05, 0) is 277 Å². The Morgan fingerprint density at radius 3 is 1.57 bits per heavy atom. The van der Waals surface area contributed by atoms with Crippen molar-refractivity contribution in [1.29, 1.82) is 0 Å². The normalized spacial score (nSPS) is 31.7. The van der Waals surface area contributed by atoms with Crippen LogP contribution in [0.5, 0.6) is 0 Å². The highest BCUT2D eigenvalue weighted by Crippen LogP contribution is 2.70. The van der Waals surface area contributed by atoms with Crippen LogP contribution in [-0.2, 0) is 38.4 Å². The second kappa shape index (κ2) is 44.7. The molecule has 11 rings (SSSR count). The summed E-state index contributed by atoms with van der Waals surface area (Å²) in [6.07, 6.45) is 37.1. The standard InChI is InChI=1S/C16H26O.C15H26O.C15H28O.2C14H22O.C14H24O.C11H18O.C7H12O/c1-10-7-13(17)5-6-16(10)9-12-8-14(11(16)2)15(12,3)4;1-10-7-8-12(3)15(5,6)14(10)11(2)9-13(4)16;1-10(2)9-13(16)14-11(3)7-8-12(4)15(14,5)6;1-10-7-6-8-14(4,5)13(10)11(2)9-12(3)15;1-10(2)9-12(15)13-11(3)7-6-8-14(13,4)5;1-5-6-7-13(15)12-10-14(3,4)9-8-11(12)2;1-7(2)10-5-8(3)9(4)11(12)6-10;1-6-3-2-4-7(8)5-6/h10-12,14H,5-9H2,1-4H3;11-12H,7-9H2,1-6H3;10-12,14H,7-9H2,1-6H3;6-7,11H,8-9H2,1-5H3;6-7,10H,8-9H2,1-5H3;5,11-12H,1,6-10H2,2-4H3;8-10H,1,5-6H2,2-4H3;6H,2-5H2,1H3. The fraction of sp³-hybridized carbons (Fsp3) is 0.792. The first kappa shape index (κ1) is 104. The summed E-state index contributed by atoms with van der Waals surface area (Å²) < 4.78 is 0. The molecule has 114 heavy (non-hydrogen) atoms. The highest BCUT2D eigenvalue weighted by molar-refractivity contribution is 5.98. The fourth-order valence-electron chi connectivity index (χ4n) is 23.1. The molecule has 11 aliphatic carbocycles. The van der Waals surface area contributed by atoms with E-state index in [2.05, 4.69) is 231 Å². The third-order valence-corrected chi connectivity index (χ3v) is 31.0. The lowest BCUT2D eigenvalue weighted by molar-refractivity contribution is -0.195. The SMILES string of the molecule is C=C(C)C1CC(=O)C(C)C(C)C1.C=CCCC(=O)C1CC(C)(C)CCC1C.CC(=O)CC(C)C1=C(C)C=CCC1(C)C.CC(=O)CC(C)C1=C(C)CCC(C)C1(C)C.CC(C)CC(=O)C1C(C)CCC(C)C1(C)C.CC1=C(C(=O)CC(C)C)C(C)(C)CC=C1.CC1CC(=O)CCC12CC1CC(C2C)C1(C)C.CC1CCCC(=O)C1. The van der Waals surface area contributed by atoms with Crippen molar-refractivity contribution in [3.05, 3.63) is 82.5 Å². The third kappa shape index (κ3) is 29.5. The molecule has 1 spiro atoms. The van der Waals surface area contributed by atoms with E-state index in [0.717, 1.165) is 112 Å². The zero-order valence-corrected chi connectivity index (χ0v) is 80.3. The van der Waals surface area contributed by atoms with Crippen molar-refractivity contribution in [1.82, 2.24) is 0 Å². The molecule has 0 aromatic carbocycles. The molecule has 8 fully saturated rings. The van der Waals surface area contributed by atoms with Crippen LogP contribution in [-0.4, -0.2) is 46.3 Å². The largest absolute Gasteiger partial charge is 0.300 e. The van der Waals surface area contributed by atoms with Gasteiger partial charge in [0.15, 0.2) is 5.78 Å². The molecule has 17 atom stereocenters. The first-order valence-electron chi connectivity index (χ1n) is 46.2. The fourth-order valence-corrected chi connectivity index (χ4v) is 23.1. The monoisotopic (exact) mass is 1580 g/mol. The molecule has 0 saturated heterocycles. The Labute approximate surface area is 703 Å². The van der Waals surface area contributed by atoms with Crippen LogP contribution in [0.4, 0.5) is 0 Å². The second-order valence-corrected chi connectivity index (χ2v) is 44.4. The van der Waals surface area contributed by atoms with Gasteiger partial charge in [0.25, 0.3) is 0 Å². The molecule has 0 radical (unpaired) electrons. The van der Waals surface area contributed by atoms with E-state index in [1.54, 1.807) is 19.4 Å². The van der Waals surface area contributed by atoms with Crippen molar-refractivity contribution in [2.75, 3.05) is 0 Å². The number of rotatable bonds is 17. The number of ketones is 8. The van der Waals surface area contributed by atoms with Crippen molar-refractivity contribution < 1.29 is 38.4 Å². The summed E-state index contributed by atoms with van der Waals surface area (Å²) in [4.78, 5) is 92.8. The topological polar surface area (TPSA) is 137 Å². The van der Waals surface area contributed by atoms with Gasteiger partial charge in [0.05, 0.1) is 0 Å². The maximum atomic E-state index is 12.4. The molecule has 650 valence electrons. The van der Waals surface area contributed by atoms with Gasteiger partial charge in [-0.15, -0.1) is 6.58 Å². The van der Waals surface area contributed by atoms with E-state index >= 15 is 0 Å². The van der Waals surface area contributed by atoms with Crippen LogP contribution in [0.2, 0.25) is 0 Å². The van der Waals surface area contributed by atoms with Crippen LogP contribution in [0.25, 0.3) is 0 Å². The molecule has 8 saturated carbocycles. The predicted molar refractivity (Wildman–Crippen MR) is 486 cm³/mol. The molecule has 17 unspecified atom stereocenters. The van der Waals surface area contributed by atoms with Crippen LogP contribution in [0.15, 0.2) is 82.5 Å². The molecule has 11 aliphatic rings. The minimum atomic E-state index is 0.0187. The molecule has 8 nitrogen and oxygen atoms in total. The van der Waals surface area contributed by atoms with Crippen LogP contribution >= 0.6 is 0 Å². The Kier molecular flexibility index (Phi) is 40.7. The van der Waals surface area contributed by atoms with E-state index in [-0.39, 0.29) is 39.3 Å². The lowest BCUT2D eigenvalue weighted by Crippen LogP contribution is -2.61. The number of hydrogen-bond acceptors (Lipinski definition) is 8. The summed E-state index contributed by atoms with van der Waals surface area (Å²) in [5.41, 5.74) is 11.4. The van der Waals surface area contributed by atoms with Crippen LogP contribution in [0.1, 0.15) is 395 Å². The van der Waals surface area contributed by atoms with Crippen molar-refractivity contribution in [2.45, 2.75) is 395 Å². The predicted octanol–water partition coefficient (Wildman–Crippen LogP) is 29.1. The van der Waals surface area contributed by atoms with Gasteiger partial charge in [0, 0.05) is 87.5 Å². The molecule has 0 aliphatic heterocycles. The lowest BCUT2D eigenvalue weighted by Gasteiger charge is -2.68. The van der Waals surface area contributed by atoms with Crippen molar-refractivity contribution in [3.63, 3.8) is 0 Å². The Balaban J connectivity index is 0.000000339. The van der Waals surface area contributed by atoms with Gasteiger partial charge in [0.2, 0.25) is 0 Å². The molecular weight excluding hydrogens is 1400 g/mol. The molecule has 0 aromatic heterocycles. The highest BCUT2D eigenvalue weighted by Gasteiger charge is 2.63. The van der Waals surface area contributed by atoms with Gasteiger partial charge < -0.3 is 9.59 Å². The van der Waals surface area contributed by atoms with E-state index in [9.17, 15) is 38.4 Å². The second-order valence-electron chi connectivity index (χ2n) is 44.4. The van der Waals surface area contributed by atoms with Crippen molar-refractivity contribution >= 4 is 46.3 Å². The molecular formula is C106H178O8. The molecule has 8 heteroatoms. The van der Waals surface area contributed by atoms with Crippen molar-refractivity contribution in [2.24, 2.45) is 144 Å². The average Bonchev–Trinajstić information content (AvgIpc) is 0.698. The minimum Gasteiger partial charge on any atom is -0.300 e. The maximum Gasteiger partial charge on any atom is 0.159 e. The van der Waals surface area contributed by atoms with E-state index in [0.29, 0.717) is 153 Å². The zero-order chi connectivity index (χ0) is 87.5. The maximum absolute atomic E-state index is 12.4. The van der Waals surface area contributed by atoms with Crippen LogP contribution in [0.3, 0.4) is 0 Å². The Hall–Kier alpha value is -4.46. The van der Waals surface area contributed by atoms with Gasteiger partial charge in [-0.3, -0.25) is 28.8 Å². The lowest BCUT2D eigenvalue weighted by atomic mass is 9.36. The number of allylic oxidation sites excluding steroid dienone is 12. The highest BCUT2D eigenvalue weighted by atomic mass is 16.2. The first-order valence-corrected chi connectivity index (χ1v) is 46.2. The molecule has 0 aromatic rings. The van der Waals surface area contributed by atoms with E-state index in [1.807, 2.05) is 26.8 Å². The van der Waals surface area contributed by atoms with E-state index in [1.165, 1.54) is 86.5 Å². The van der Waals surface area contributed by atoms with Gasteiger partial charge >= 0.3 is 0 Å². The van der Waals surface area contributed by atoms with Crippen LogP contribution < -0.4 is 0 Å². The Bertz CT molecular complexity index is 3400. The summed E-state index contributed by atoms with van der Waals surface area (Å²) in [6.45, 7) is 80.2. The minimum absolute atomic E-state index is 0.0187. The molecule has 0 heterocycles. The summed E-state index contributed by atoms with van der Waals surface area (Å²) in [5.74, 6) is 13.3. The quantitative estimate of drug-likeness (QED) is 0.131. The number of carbonyl (C=O) groups is 8. The van der Waals surface area contributed by atoms with Gasteiger partial charge in [0.1, 0.15) is 40.5 Å². The summed E-state index contributed by atoms with van der Waals surface area (Å²) in [7, 11) is 0. The Morgan fingerprint density at radius 1 is 0.544 bits per heavy atom. The summed E-state index contributed by atoms with van der Waals surface area (Å²) >= 11 is 0. The van der Waals surface area contributed by atoms with Gasteiger partial charge in [-0.1, -0.05) is 252 Å². The first-order chi connectivity index (χ1) is 52.4. The van der Waals surface area contributed by atoms with Gasteiger partial charge in [-0.25, -0.2) is 0 Å². The van der Waals surface area contributed by atoms with Crippen LogP contribution in [0, 0.1) is 144 Å². The van der Waals surface area contributed by atoms with Crippen molar-refractivity contribution in [3.8, 4) is 0 Å². The van der Waals surface area contributed by atoms with E-state index in [4.69, 9.17) is 0 Å². The Morgan fingerprint density at radius 2 is 1.10 bits per heavy atom. The molecule has 0 N–H and O–H groups in total. The van der Waals surface area contributed by atoms with E-state index < -0.39 is 0 Å².